The lowest BCUT2D eigenvalue weighted by Crippen LogP contribution is -2.15. The van der Waals surface area contributed by atoms with Crippen molar-refractivity contribution >= 4 is 88.0 Å². The molecule has 0 aliphatic carbocycles. The lowest BCUT2D eigenvalue weighted by molar-refractivity contribution is -0.384. The predicted octanol–water partition coefficient (Wildman–Crippen LogP) is 8.40. The van der Waals surface area contributed by atoms with E-state index in [2.05, 4.69) is 58.2 Å². The molecule has 5 aromatic rings. The van der Waals surface area contributed by atoms with E-state index in [0.29, 0.717) is 38.9 Å². The molecule has 0 radical (unpaired) electrons. The van der Waals surface area contributed by atoms with Crippen LogP contribution in [-0.2, 0) is 5.41 Å². The fourth-order valence-corrected chi connectivity index (χ4v) is 4.70. The maximum atomic E-state index is 11.4. The summed E-state index contributed by atoms with van der Waals surface area (Å²) in [6, 6.07) is 16.3. The van der Waals surface area contributed by atoms with Crippen LogP contribution in [-0.4, -0.2) is 24.8 Å². The molecule has 5 rings (SSSR count). The van der Waals surface area contributed by atoms with Crippen molar-refractivity contribution in [3.63, 3.8) is 0 Å². The number of anilines is 2. The average molecular weight is 700 g/mol. The fourth-order valence-electron chi connectivity index (χ4n) is 3.71. The van der Waals surface area contributed by atoms with E-state index in [4.69, 9.17) is 11.6 Å². The molecule has 0 amide bonds. The van der Waals surface area contributed by atoms with E-state index >= 15 is 0 Å². The van der Waals surface area contributed by atoms with Crippen molar-refractivity contribution in [3.8, 4) is 6.07 Å². The summed E-state index contributed by atoms with van der Waals surface area (Å²) in [6.07, 6.45) is 3.96. The Balaban J connectivity index is 0.000000218. The Morgan fingerprint density at radius 2 is 1.41 bits per heavy atom. The number of pyridine rings is 3. The molecule has 3 aromatic heterocycles. The smallest absolute Gasteiger partial charge is 0.311 e. The number of rotatable bonds is 5. The number of nitrogens with one attached hydrogen (secondary N) is 1. The molecule has 0 unspecified atom stereocenters. The van der Waals surface area contributed by atoms with Gasteiger partial charge >= 0.3 is 11.4 Å². The van der Waals surface area contributed by atoms with Crippen LogP contribution in [0.15, 0.2) is 76.1 Å². The number of nitriles is 1. The van der Waals surface area contributed by atoms with Crippen LogP contribution in [0.2, 0.25) is 5.02 Å². The largest absolute Gasteiger partial charge is 0.348 e. The maximum absolute atomic E-state index is 11.4. The lowest BCUT2D eigenvalue weighted by Gasteiger charge is -2.15. The molecule has 0 bridgehead atoms. The molecule has 0 atom stereocenters. The van der Waals surface area contributed by atoms with Crippen LogP contribution in [0.4, 0.5) is 22.7 Å². The zero-order valence-electron chi connectivity index (χ0n) is 21.3. The molecular weight excluding hydrogens is 682 g/mol. The van der Waals surface area contributed by atoms with Crippen molar-refractivity contribution < 1.29 is 9.85 Å². The highest BCUT2D eigenvalue weighted by molar-refractivity contribution is 9.10. The molecule has 1 N–H and O–H groups in total. The third-order valence-electron chi connectivity index (χ3n) is 5.90. The normalized spacial score (nSPS) is 10.9. The first-order valence-corrected chi connectivity index (χ1v) is 13.6. The number of nitrogens with zero attached hydrogens (tertiary/aromatic N) is 6. The van der Waals surface area contributed by atoms with E-state index in [1.54, 1.807) is 62.5 Å². The number of benzene rings is 2. The second kappa shape index (κ2) is 12.1. The van der Waals surface area contributed by atoms with Crippen molar-refractivity contribution in [1.29, 1.82) is 5.26 Å². The lowest BCUT2D eigenvalue weighted by atomic mass is 9.91. The van der Waals surface area contributed by atoms with Gasteiger partial charge in [-0.2, -0.15) is 5.26 Å². The quantitative estimate of drug-likeness (QED) is 0.140. The number of aromatic nitrogens is 3. The molecule has 0 spiro atoms. The van der Waals surface area contributed by atoms with E-state index < -0.39 is 15.3 Å². The van der Waals surface area contributed by atoms with Gasteiger partial charge in [-0.25, -0.2) is 9.97 Å². The maximum Gasteiger partial charge on any atom is 0.311 e. The molecule has 0 saturated carbocycles. The summed E-state index contributed by atoms with van der Waals surface area (Å²) in [5, 5.41) is 35.6. The summed E-state index contributed by atoms with van der Waals surface area (Å²) in [4.78, 5) is 33.4. The summed E-state index contributed by atoms with van der Waals surface area (Å²) < 4.78 is 1.60. The topological polar surface area (TPSA) is 161 Å². The van der Waals surface area contributed by atoms with Crippen LogP contribution < -0.4 is 5.32 Å². The van der Waals surface area contributed by atoms with Crippen LogP contribution in [0.25, 0.3) is 21.8 Å². The predicted molar refractivity (Wildman–Crippen MR) is 163 cm³/mol. The summed E-state index contributed by atoms with van der Waals surface area (Å²) >= 11 is 12.6. The molecular formula is C27H18Br2ClN7O4. The zero-order valence-corrected chi connectivity index (χ0v) is 25.2. The Morgan fingerprint density at radius 1 is 0.854 bits per heavy atom. The Hall–Kier alpha value is -4.25. The third-order valence-corrected chi connectivity index (χ3v) is 7.29. The Bertz CT molecular complexity index is 1860. The van der Waals surface area contributed by atoms with Crippen LogP contribution in [0, 0.1) is 31.6 Å². The molecule has 0 fully saturated rings. The highest BCUT2D eigenvalue weighted by Crippen LogP contribution is 2.36. The second-order valence-corrected chi connectivity index (χ2v) is 11.3. The average Bonchev–Trinajstić information content (AvgIpc) is 2.94. The van der Waals surface area contributed by atoms with Gasteiger partial charge in [0.05, 0.1) is 49.9 Å². The van der Waals surface area contributed by atoms with Gasteiger partial charge in [-0.1, -0.05) is 43.5 Å². The molecule has 3 heterocycles. The SMILES string of the molecule is CC(C)(C#N)c1ccc(Nc2c([N+](=O)[O-])cnc3ccc(Br)cc23)cn1.O=[N+]([O-])c1cnc2ccc(Br)cc2c1Cl. The van der Waals surface area contributed by atoms with Crippen LogP contribution >= 0.6 is 43.5 Å². The van der Waals surface area contributed by atoms with E-state index in [9.17, 15) is 25.5 Å². The van der Waals surface area contributed by atoms with Crippen molar-refractivity contribution in [1.82, 2.24) is 15.0 Å². The van der Waals surface area contributed by atoms with E-state index in [0.717, 1.165) is 8.95 Å². The van der Waals surface area contributed by atoms with E-state index in [1.165, 1.54) is 12.4 Å². The van der Waals surface area contributed by atoms with Gasteiger partial charge in [-0.05, 0) is 62.4 Å². The minimum Gasteiger partial charge on any atom is -0.348 e. The molecule has 41 heavy (non-hydrogen) atoms. The Kier molecular flexibility index (Phi) is 8.77. The monoisotopic (exact) mass is 697 g/mol. The minimum absolute atomic E-state index is 0.117. The summed E-state index contributed by atoms with van der Waals surface area (Å²) in [5.41, 5.74) is 1.80. The molecule has 0 aliphatic heterocycles. The van der Waals surface area contributed by atoms with Gasteiger partial charge in [0.1, 0.15) is 23.1 Å². The van der Waals surface area contributed by atoms with E-state index in [-0.39, 0.29) is 16.4 Å². The van der Waals surface area contributed by atoms with Gasteiger partial charge in [0.15, 0.2) is 0 Å². The molecule has 206 valence electrons. The van der Waals surface area contributed by atoms with Crippen molar-refractivity contribution in [2.75, 3.05) is 5.32 Å². The summed E-state index contributed by atoms with van der Waals surface area (Å²) in [7, 11) is 0. The first kappa shape index (κ1) is 29.7. The first-order chi connectivity index (χ1) is 19.4. The highest BCUT2D eigenvalue weighted by atomic mass is 79.9. The highest BCUT2D eigenvalue weighted by Gasteiger charge is 2.22. The van der Waals surface area contributed by atoms with Gasteiger partial charge in [-0.3, -0.25) is 25.2 Å². The van der Waals surface area contributed by atoms with Gasteiger partial charge in [0.25, 0.3) is 0 Å². The molecule has 0 aliphatic rings. The minimum atomic E-state index is -0.710. The first-order valence-electron chi connectivity index (χ1n) is 11.7. The Labute approximate surface area is 254 Å². The number of hydrogen-bond donors (Lipinski definition) is 1. The van der Waals surface area contributed by atoms with Gasteiger partial charge in [-0.15, -0.1) is 0 Å². The summed E-state index contributed by atoms with van der Waals surface area (Å²) in [5.74, 6) is 0. The zero-order chi connectivity index (χ0) is 29.9. The molecule has 14 heteroatoms. The van der Waals surface area contributed by atoms with Crippen molar-refractivity contribution in [3.05, 3.63) is 107 Å². The second-order valence-electron chi connectivity index (χ2n) is 9.11. The molecule has 2 aromatic carbocycles. The third kappa shape index (κ3) is 6.57. The number of fused-ring (bicyclic) bond motifs is 2. The van der Waals surface area contributed by atoms with Crippen molar-refractivity contribution in [2.45, 2.75) is 19.3 Å². The summed E-state index contributed by atoms with van der Waals surface area (Å²) in [6.45, 7) is 3.56. The van der Waals surface area contributed by atoms with Gasteiger partial charge in [0.2, 0.25) is 0 Å². The number of hydrogen-bond acceptors (Lipinski definition) is 9. The van der Waals surface area contributed by atoms with Crippen LogP contribution in [0.5, 0.6) is 0 Å². The van der Waals surface area contributed by atoms with Crippen LogP contribution in [0.3, 0.4) is 0 Å². The fraction of sp³-hybridized carbons (Fsp3) is 0.111. The number of nitro groups is 2. The number of halogens is 3. The van der Waals surface area contributed by atoms with Gasteiger partial charge in [0, 0.05) is 19.7 Å². The standard InChI is InChI=1S/C18H14BrN5O2.C9H4BrClN2O2/c1-18(2,10-20)16-6-4-12(8-22-16)23-17-13-7-11(19)3-5-14(13)21-9-15(17)24(25)26;10-5-1-2-7-6(3-5)9(11)8(4-12-7)13(14)15/h3-9H,1-2H3,(H,21,23);1-4H. The molecule has 11 nitrogen and oxygen atoms in total. The van der Waals surface area contributed by atoms with Crippen LogP contribution in [0.1, 0.15) is 19.5 Å². The molecule has 0 saturated heterocycles. The van der Waals surface area contributed by atoms with Crippen molar-refractivity contribution in [2.24, 2.45) is 0 Å². The van der Waals surface area contributed by atoms with Gasteiger partial charge < -0.3 is 5.32 Å². The Morgan fingerprint density at radius 3 is 1.95 bits per heavy atom. The van der Waals surface area contributed by atoms with E-state index in [1.807, 2.05) is 6.07 Å².